The number of β-amino-alcohol motifs (C(OH)–C–C–N with tert-alkyl or cyclic N) is 1. The number of aliphatic hydroxyl groups excluding tert-OH is 1. The van der Waals surface area contributed by atoms with E-state index < -0.39 is 0 Å². The Morgan fingerprint density at radius 3 is 2.86 bits per heavy atom. The van der Waals surface area contributed by atoms with Crippen LogP contribution in [-0.4, -0.2) is 65.5 Å². The molecule has 6 nitrogen and oxygen atoms in total. The minimum absolute atomic E-state index is 0.254. The summed E-state index contributed by atoms with van der Waals surface area (Å²) in [5, 5.41) is 11.5. The van der Waals surface area contributed by atoms with Crippen molar-refractivity contribution >= 4 is 27.4 Å². The monoisotopic (exact) mass is 402 g/mol. The number of aromatic nitrogens is 2. The molecule has 2 saturated heterocycles. The molecule has 0 bridgehead atoms. The molecule has 2 fully saturated rings. The smallest absolute Gasteiger partial charge is 0.146 e. The number of aryl methyl sites for hydroxylation is 1. The van der Waals surface area contributed by atoms with Crippen LogP contribution >= 0.6 is 11.3 Å². The van der Waals surface area contributed by atoms with Crippen molar-refractivity contribution in [3.8, 4) is 0 Å². The highest BCUT2D eigenvalue weighted by molar-refractivity contribution is 7.19. The van der Waals surface area contributed by atoms with E-state index in [2.05, 4.69) is 16.7 Å². The van der Waals surface area contributed by atoms with Gasteiger partial charge in [-0.25, -0.2) is 9.97 Å². The number of fused-ring (bicyclic) bond motifs is 3. The maximum Gasteiger partial charge on any atom is 0.146 e. The quantitative estimate of drug-likeness (QED) is 0.852. The topological polar surface area (TPSA) is 61.7 Å². The predicted molar refractivity (Wildman–Crippen MR) is 112 cm³/mol. The van der Waals surface area contributed by atoms with Gasteiger partial charge in [0.2, 0.25) is 0 Å². The van der Waals surface area contributed by atoms with Gasteiger partial charge >= 0.3 is 0 Å². The van der Waals surface area contributed by atoms with Gasteiger partial charge < -0.3 is 14.7 Å². The van der Waals surface area contributed by atoms with Crippen LogP contribution in [-0.2, 0) is 24.1 Å². The maximum absolute atomic E-state index is 10.3. The van der Waals surface area contributed by atoms with Crippen molar-refractivity contribution in [2.24, 2.45) is 5.92 Å². The molecule has 0 amide bonds. The van der Waals surface area contributed by atoms with Crippen LogP contribution in [0, 0.1) is 5.92 Å². The Hall–Kier alpha value is -1.28. The molecule has 7 heteroatoms. The zero-order valence-electron chi connectivity index (χ0n) is 16.7. The number of morpholine rings is 1. The second-order valence-electron chi connectivity index (χ2n) is 8.63. The second kappa shape index (κ2) is 7.86. The Balaban J connectivity index is 1.56. The third kappa shape index (κ3) is 3.65. The number of aliphatic hydroxyl groups is 1. The van der Waals surface area contributed by atoms with Crippen LogP contribution in [0.15, 0.2) is 0 Å². The molecule has 0 radical (unpaired) electrons. The third-order valence-electron chi connectivity index (χ3n) is 6.35. The van der Waals surface area contributed by atoms with Crippen molar-refractivity contribution in [3.05, 3.63) is 16.3 Å². The second-order valence-corrected chi connectivity index (χ2v) is 9.71. The number of rotatable bonds is 3. The zero-order valence-corrected chi connectivity index (χ0v) is 17.5. The summed E-state index contributed by atoms with van der Waals surface area (Å²) in [4.78, 5) is 17.4. The van der Waals surface area contributed by atoms with E-state index in [1.165, 1.54) is 22.2 Å². The molecule has 2 aromatic rings. The fourth-order valence-electron chi connectivity index (χ4n) is 4.77. The number of piperidine rings is 1. The van der Waals surface area contributed by atoms with Gasteiger partial charge in [-0.2, -0.15) is 0 Å². The van der Waals surface area contributed by atoms with Gasteiger partial charge in [0.1, 0.15) is 16.5 Å². The van der Waals surface area contributed by atoms with Crippen molar-refractivity contribution in [1.82, 2.24) is 14.9 Å². The lowest BCUT2D eigenvalue weighted by atomic mass is 9.89. The van der Waals surface area contributed by atoms with Crippen LogP contribution in [0.4, 0.5) is 5.82 Å². The van der Waals surface area contributed by atoms with Crippen LogP contribution in [0.3, 0.4) is 0 Å². The van der Waals surface area contributed by atoms with Crippen molar-refractivity contribution in [1.29, 1.82) is 0 Å². The Kier molecular flexibility index (Phi) is 5.26. The molecule has 0 spiro atoms. The summed E-state index contributed by atoms with van der Waals surface area (Å²) in [5.41, 5.74) is 1.48. The molecule has 0 saturated carbocycles. The van der Waals surface area contributed by atoms with Gasteiger partial charge in [-0.15, -0.1) is 11.3 Å². The normalized spacial score (nSPS) is 26.6. The number of hydrogen-bond donors (Lipinski definition) is 1. The van der Waals surface area contributed by atoms with Gasteiger partial charge in [0.15, 0.2) is 0 Å². The molecule has 2 aliphatic heterocycles. The summed E-state index contributed by atoms with van der Waals surface area (Å²) < 4.78 is 5.49. The molecule has 28 heavy (non-hydrogen) atoms. The summed E-state index contributed by atoms with van der Waals surface area (Å²) in [6, 6.07) is 0. The molecule has 2 atom stereocenters. The first-order chi connectivity index (χ1) is 13.7. The van der Waals surface area contributed by atoms with E-state index in [1.807, 2.05) is 11.3 Å². The fourth-order valence-corrected chi connectivity index (χ4v) is 6.17. The van der Waals surface area contributed by atoms with Crippen molar-refractivity contribution in [3.63, 3.8) is 0 Å². The highest BCUT2D eigenvalue weighted by Crippen LogP contribution is 2.41. The molecule has 3 aliphatic rings. The highest BCUT2D eigenvalue weighted by Gasteiger charge is 2.28. The lowest BCUT2D eigenvalue weighted by Crippen LogP contribution is -2.39. The highest BCUT2D eigenvalue weighted by atomic mass is 32.1. The Morgan fingerprint density at radius 2 is 2.04 bits per heavy atom. The maximum atomic E-state index is 10.3. The first-order valence-electron chi connectivity index (χ1n) is 10.7. The summed E-state index contributed by atoms with van der Waals surface area (Å²) in [6.07, 6.45) is 5.20. The molecule has 5 rings (SSSR count). The van der Waals surface area contributed by atoms with E-state index in [0.717, 1.165) is 87.5 Å². The van der Waals surface area contributed by atoms with E-state index >= 15 is 0 Å². The summed E-state index contributed by atoms with van der Waals surface area (Å²) in [7, 11) is 0. The Labute approximate surface area is 170 Å². The van der Waals surface area contributed by atoms with E-state index in [-0.39, 0.29) is 6.10 Å². The molecule has 152 valence electrons. The van der Waals surface area contributed by atoms with Crippen LogP contribution in [0.25, 0.3) is 10.2 Å². The van der Waals surface area contributed by atoms with E-state index in [4.69, 9.17) is 14.7 Å². The number of anilines is 1. The molecule has 4 heterocycles. The van der Waals surface area contributed by atoms with Gasteiger partial charge in [0, 0.05) is 31.1 Å². The minimum atomic E-state index is -0.254. The molecule has 1 aliphatic carbocycles. The van der Waals surface area contributed by atoms with Crippen LogP contribution < -0.4 is 4.90 Å². The zero-order chi connectivity index (χ0) is 19.1. The molecular weight excluding hydrogens is 372 g/mol. The largest absolute Gasteiger partial charge is 0.391 e. The van der Waals surface area contributed by atoms with Crippen molar-refractivity contribution in [2.45, 2.75) is 51.7 Å². The van der Waals surface area contributed by atoms with E-state index in [1.54, 1.807) is 0 Å². The van der Waals surface area contributed by atoms with Crippen LogP contribution in [0.5, 0.6) is 0 Å². The third-order valence-corrected chi connectivity index (χ3v) is 7.50. The standard InChI is InChI=1S/C21H30N4O2S/c1-14-4-5-16-17(11-14)28-21-19(16)20(25-6-2-3-15(26)12-25)22-18(23-21)13-24-7-9-27-10-8-24/h14-15,26H,2-13H2,1H3/t14-,15+/m1/s1. The molecule has 1 N–H and O–H groups in total. The summed E-state index contributed by atoms with van der Waals surface area (Å²) in [6.45, 7) is 8.25. The first kappa shape index (κ1) is 18.7. The SMILES string of the molecule is C[C@@H]1CCc2c(sc3nc(CN4CCOCC4)nc(N4CCC[C@H](O)C4)c23)C1. The average molecular weight is 403 g/mol. The number of nitrogens with zero attached hydrogens (tertiary/aromatic N) is 4. The number of thiophene rings is 1. The number of ether oxygens (including phenoxy) is 1. The van der Waals surface area contributed by atoms with Crippen molar-refractivity contribution < 1.29 is 9.84 Å². The lowest BCUT2D eigenvalue weighted by Gasteiger charge is -2.32. The molecule has 2 aromatic heterocycles. The van der Waals surface area contributed by atoms with Gasteiger partial charge in [0.25, 0.3) is 0 Å². The Bertz CT molecular complexity index is 849. The fraction of sp³-hybridized carbons (Fsp3) is 0.714. The van der Waals surface area contributed by atoms with Crippen molar-refractivity contribution in [2.75, 3.05) is 44.3 Å². The van der Waals surface area contributed by atoms with Gasteiger partial charge in [-0.05, 0) is 43.6 Å². The number of hydrogen-bond acceptors (Lipinski definition) is 7. The average Bonchev–Trinajstić information content (AvgIpc) is 3.05. The molecule has 0 aromatic carbocycles. The van der Waals surface area contributed by atoms with Gasteiger partial charge in [0.05, 0.1) is 31.2 Å². The van der Waals surface area contributed by atoms with E-state index in [0.29, 0.717) is 6.54 Å². The Morgan fingerprint density at radius 1 is 1.18 bits per heavy atom. The summed E-state index contributed by atoms with van der Waals surface area (Å²) in [5.74, 6) is 2.73. The summed E-state index contributed by atoms with van der Waals surface area (Å²) >= 11 is 1.88. The lowest BCUT2D eigenvalue weighted by molar-refractivity contribution is 0.0331. The molecular formula is C21H30N4O2S. The minimum Gasteiger partial charge on any atom is -0.391 e. The van der Waals surface area contributed by atoms with Gasteiger partial charge in [-0.3, -0.25) is 4.90 Å². The predicted octanol–water partition coefficient (Wildman–Crippen LogP) is 2.61. The molecule has 0 unspecified atom stereocenters. The first-order valence-corrected chi connectivity index (χ1v) is 11.5. The van der Waals surface area contributed by atoms with Crippen LogP contribution in [0.2, 0.25) is 0 Å². The van der Waals surface area contributed by atoms with Gasteiger partial charge in [-0.1, -0.05) is 6.92 Å². The van der Waals surface area contributed by atoms with Crippen LogP contribution in [0.1, 0.15) is 42.5 Å². The van der Waals surface area contributed by atoms with E-state index in [9.17, 15) is 5.11 Å².